The molecule has 1 aliphatic rings. The number of nitrogens with zero attached hydrogens (tertiary/aromatic N) is 1. The van der Waals surface area contributed by atoms with E-state index in [1.807, 2.05) is 0 Å². The molecule has 0 spiro atoms. The Hall–Kier alpha value is -1.68. The molecule has 22 heavy (non-hydrogen) atoms. The van der Waals surface area contributed by atoms with E-state index in [1.54, 1.807) is 6.92 Å². The molecule has 1 aliphatic heterocycles. The van der Waals surface area contributed by atoms with Gasteiger partial charge in [0.2, 0.25) is 10.0 Å². The fourth-order valence-corrected chi connectivity index (χ4v) is 3.52. The van der Waals surface area contributed by atoms with Crippen LogP contribution in [0.4, 0.5) is 5.69 Å². The Morgan fingerprint density at radius 2 is 1.91 bits per heavy atom. The second kappa shape index (κ2) is 6.61. The first-order valence-corrected chi connectivity index (χ1v) is 8.17. The van der Waals surface area contributed by atoms with Crippen molar-refractivity contribution in [3.05, 3.63) is 18.2 Å². The normalized spacial score (nSPS) is 17.8. The fraction of sp³-hybridized carbons (Fsp3) is 0.462. The van der Waals surface area contributed by atoms with Crippen molar-refractivity contribution in [2.75, 3.05) is 31.6 Å². The maximum Gasteiger partial charge on any atom is 0.265 e. The predicted octanol–water partition coefficient (Wildman–Crippen LogP) is -0.619. The van der Waals surface area contributed by atoms with Crippen LogP contribution in [0.15, 0.2) is 23.1 Å². The number of nitrogens with one attached hydrogen (secondary N) is 1. The van der Waals surface area contributed by atoms with Crippen molar-refractivity contribution in [1.82, 2.24) is 4.31 Å². The van der Waals surface area contributed by atoms with E-state index in [4.69, 9.17) is 14.9 Å². The van der Waals surface area contributed by atoms with Crippen molar-refractivity contribution in [2.24, 2.45) is 0 Å². The van der Waals surface area contributed by atoms with Crippen LogP contribution in [0.3, 0.4) is 0 Å². The Morgan fingerprint density at radius 3 is 2.50 bits per heavy atom. The zero-order valence-electron chi connectivity index (χ0n) is 12.0. The topological polar surface area (TPSA) is 116 Å². The highest BCUT2D eigenvalue weighted by atomic mass is 32.2. The minimum Gasteiger partial charge on any atom is -0.479 e. The van der Waals surface area contributed by atoms with Crippen molar-refractivity contribution in [3.8, 4) is 5.75 Å². The number of carbonyl (C=O) groups is 1. The van der Waals surface area contributed by atoms with Crippen LogP contribution in [0.25, 0.3) is 0 Å². The summed E-state index contributed by atoms with van der Waals surface area (Å²) in [5.41, 5.74) is 0.275. The van der Waals surface area contributed by atoms with E-state index in [2.05, 4.69) is 5.32 Å². The van der Waals surface area contributed by atoms with E-state index < -0.39 is 16.1 Å². The number of aliphatic hydroxyl groups excluding tert-OH is 2. The maximum absolute atomic E-state index is 12.5. The van der Waals surface area contributed by atoms with Crippen LogP contribution in [0.5, 0.6) is 5.75 Å². The summed E-state index contributed by atoms with van der Waals surface area (Å²) < 4.78 is 31.3. The van der Waals surface area contributed by atoms with Crippen LogP contribution in [-0.4, -0.2) is 61.3 Å². The summed E-state index contributed by atoms with van der Waals surface area (Å²) in [5.74, 6) is 0.0338. The summed E-state index contributed by atoms with van der Waals surface area (Å²) in [6, 6.07) is 4.13. The number of rotatable bonds is 6. The van der Waals surface area contributed by atoms with Gasteiger partial charge in [-0.25, -0.2) is 8.42 Å². The van der Waals surface area contributed by atoms with Gasteiger partial charge in [-0.3, -0.25) is 4.79 Å². The van der Waals surface area contributed by atoms with Crippen molar-refractivity contribution in [1.29, 1.82) is 0 Å². The molecule has 3 N–H and O–H groups in total. The number of sulfonamides is 1. The first kappa shape index (κ1) is 16.7. The van der Waals surface area contributed by atoms with Crippen LogP contribution in [0.2, 0.25) is 0 Å². The van der Waals surface area contributed by atoms with Gasteiger partial charge in [0.15, 0.2) is 6.10 Å². The monoisotopic (exact) mass is 330 g/mol. The second-order valence-electron chi connectivity index (χ2n) is 4.76. The molecule has 0 aromatic heterocycles. The standard InChI is InChI=1S/C13H18N2O6S/c1-9-13(18)14-11-8-10(2-3-12(11)21-9)22(19,20)15(4-6-16)5-7-17/h2-3,8-9,16-17H,4-7H2,1H3,(H,14,18). The number of ether oxygens (including phenoxy) is 1. The van der Waals surface area contributed by atoms with Gasteiger partial charge in [0.25, 0.3) is 5.91 Å². The quantitative estimate of drug-likeness (QED) is 0.640. The molecule has 1 heterocycles. The van der Waals surface area contributed by atoms with Crippen molar-refractivity contribution in [3.63, 3.8) is 0 Å². The van der Waals surface area contributed by atoms with Gasteiger partial charge in [0.05, 0.1) is 23.8 Å². The van der Waals surface area contributed by atoms with Crippen LogP contribution >= 0.6 is 0 Å². The van der Waals surface area contributed by atoms with Gasteiger partial charge in [-0.15, -0.1) is 0 Å². The lowest BCUT2D eigenvalue weighted by molar-refractivity contribution is -0.122. The van der Waals surface area contributed by atoms with Gasteiger partial charge in [0.1, 0.15) is 5.75 Å². The van der Waals surface area contributed by atoms with Crippen molar-refractivity contribution in [2.45, 2.75) is 17.9 Å². The first-order chi connectivity index (χ1) is 10.4. The summed E-state index contributed by atoms with van der Waals surface area (Å²) >= 11 is 0. The summed E-state index contributed by atoms with van der Waals surface area (Å²) in [6.45, 7) is 0.621. The average Bonchev–Trinajstić information content (AvgIpc) is 2.47. The smallest absolute Gasteiger partial charge is 0.265 e. The van der Waals surface area contributed by atoms with Gasteiger partial charge in [0, 0.05) is 13.1 Å². The van der Waals surface area contributed by atoms with Crippen LogP contribution in [0, 0.1) is 0 Å². The van der Waals surface area contributed by atoms with Crippen molar-refractivity contribution < 1.29 is 28.2 Å². The Kier molecular flexibility index (Phi) is 5.01. The number of carbonyl (C=O) groups excluding carboxylic acids is 1. The lowest BCUT2D eigenvalue weighted by Crippen LogP contribution is -2.36. The highest BCUT2D eigenvalue weighted by Gasteiger charge is 2.28. The zero-order chi connectivity index (χ0) is 16.3. The molecule has 2 rings (SSSR count). The SMILES string of the molecule is CC1Oc2ccc(S(=O)(=O)N(CCO)CCO)cc2NC1=O. The largest absolute Gasteiger partial charge is 0.479 e. The van der Waals surface area contributed by atoms with Crippen LogP contribution in [-0.2, 0) is 14.8 Å². The molecule has 0 saturated carbocycles. The van der Waals surface area contributed by atoms with E-state index in [0.717, 1.165) is 4.31 Å². The molecule has 0 aliphatic carbocycles. The lowest BCUT2D eigenvalue weighted by Gasteiger charge is -2.25. The summed E-state index contributed by atoms with van der Waals surface area (Å²) in [6.07, 6.45) is -0.643. The highest BCUT2D eigenvalue weighted by Crippen LogP contribution is 2.32. The van der Waals surface area contributed by atoms with E-state index in [9.17, 15) is 13.2 Å². The molecule has 1 aromatic carbocycles. The Balaban J connectivity index is 2.36. The summed E-state index contributed by atoms with van der Waals surface area (Å²) in [5, 5.41) is 20.5. The van der Waals surface area contributed by atoms with Gasteiger partial charge in [-0.1, -0.05) is 0 Å². The first-order valence-electron chi connectivity index (χ1n) is 6.73. The van der Waals surface area contributed by atoms with Gasteiger partial charge < -0.3 is 20.3 Å². The number of hydrogen-bond donors (Lipinski definition) is 3. The van der Waals surface area contributed by atoms with Gasteiger partial charge in [-0.2, -0.15) is 4.31 Å². The molecule has 1 unspecified atom stereocenters. The molecule has 9 heteroatoms. The third-order valence-corrected chi connectivity index (χ3v) is 5.11. The van der Waals surface area contributed by atoms with E-state index in [1.165, 1.54) is 18.2 Å². The molecule has 0 fully saturated rings. The van der Waals surface area contributed by atoms with Crippen LogP contribution < -0.4 is 10.1 Å². The molecule has 0 bridgehead atoms. The fourth-order valence-electron chi connectivity index (χ4n) is 2.07. The van der Waals surface area contributed by atoms with Gasteiger partial charge >= 0.3 is 0 Å². The average molecular weight is 330 g/mol. The maximum atomic E-state index is 12.5. The number of hydrogen-bond acceptors (Lipinski definition) is 6. The third kappa shape index (κ3) is 3.22. The predicted molar refractivity (Wildman–Crippen MR) is 78.1 cm³/mol. The Bertz CT molecular complexity index is 654. The number of benzene rings is 1. The minimum atomic E-state index is -3.88. The molecule has 8 nitrogen and oxygen atoms in total. The second-order valence-corrected chi connectivity index (χ2v) is 6.70. The molecule has 1 atom stereocenters. The van der Waals surface area contributed by atoms with E-state index >= 15 is 0 Å². The van der Waals surface area contributed by atoms with E-state index in [0.29, 0.717) is 5.75 Å². The Morgan fingerprint density at radius 1 is 1.27 bits per heavy atom. The Labute approximate surface area is 128 Å². The minimum absolute atomic E-state index is 0.0494. The highest BCUT2D eigenvalue weighted by molar-refractivity contribution is 7.89. The molecule has 122 valence electrons. The molecular formula is C13H18N2O6S. The summed E-state index contributed by atoms with van der Waals surface area (Å²) in [7, 11) is -3.88. The summed E-state index contributed by atoms with van der Waals surface area (Å²) in [4.78, 5) is 11.5. The van der Waals surface area contributed by atoms with E-state index in [-0.39, 0.29) is 42.8 Å². The van der Waals surface area contributed by atoms with Crippen molar-refractivity contribution >= 4 is 21.6 Å². The molecule has 1 aromatic rings. The van der Waals surface area contributed by atoms with Gasteiger partial charge in [-0.05, 0) is 25.1 Å². The molecular weight excluding hydrogens is 312 g/mol. The number of anilines is 1. The molecule has 0 saturated heterocycles. The molecule has 1 amide bonds. The zero-order valence-corrected chi connectivity index (χ0v) is 12.8. The third-order valence-electron chi connectivity index (χ3n) is 3.22. The lowest BCUT2D eigenvalue weighted by atomic mass is 10.2. The molecule has 0 radical (unpaired) electrons. The number of amides is 1. The number of fused-ring (bicyclic) bond motifs is 1. The number of aliphatic hydroxyl groups is 2. The van der Waals surface area contributed by atoms with Crippen LogP contribution in [0.1, 0.15) is 6.92 Å².